The summed E-state index contributed by atoms with van der Waals surface area (Å²) in [6, 6.07) is 0. The fraction of sp³-hybridized carbons (Fsp3) is 0.565. The fourth-order valence-corrected chi connectivity index (χ4v) is 6.93. The Morgan fingerprint density at radius 2 is 1.91 bits per heavy atom. The molecule has 6 N–H and O–H groups in total. The molecule has 6 rings (SSSR count). The first-order valence-electron chi connectivity index (χ1n) is 13.6. The topological polar surface area (TPSA) is 244 Å². The lowest BCUT2D eigenvalue weighted by atomic mass is 9.84. The molecule has 0 saturated carbocycles. The molecular weight excluding hydrogens is 654 g/mol. The molecule has 0 radical (unpaired) electrons. The summed E-state index contributed by atoms with van der Waals surface area (Å²) in [7, 11) is 3.26. The molecule has 0 aromatic carbocycles. The molecule has 2 saturated heterocycles. The molecule has 4 aromatic heterocycles. The summed E-state index contributed by atoms with van der Waals surface area (Å²) in [5.41, 5.74) is 11.5. The fourth-order valence-electron chi connectivity index (χ4n) is 5.81. The Balaban J connectivity index is 1.16. The minimum atomic E-state index is -1.28. The van der Waals surface area contributed by atoms with Gasteiger partial charge in [-0.15, -0.1) is 0 Å². The van der Waals surface area contributed by atoms with E-state index in [1.54, 1.807) is 18.0 Å². The highest BCUT2D eigenvalue weighted by molar-refractivity contribution is 7.75. The number of methoxy groups -OCH3 is 1. The van der Waals surface area contributed by atoms with Crippen molar-refractivity contribution in [2.75, 3.05) is 31.8 Å². The van der Waals surface area contributed by atoms with Crippen molar-refractivity contribution in [2.45, 2.75) is 56.0 Å². The number of aliphatic hydroxyl groups excluding tert-OH is 1. The molecule has 2 fully saturated rings. The molecule has 0 amide bonds. The lowest BCUT2D eigenvalue weighted by Crippen LogP contribution is -2.44. The van der Waals surface area contributed by atoms with Gasteiger partial charge in [0.2, 0.25) is 5.95 Å². The number of aromatic nitrogens is 8. The van der Waals surface area contributed by atoms with Gasteiger partial charge in [0.25, 0.3) is 5.56 Å². The number of aromatic amines is 1. The first-order valence-corrected chi connectivity index (χ1v) is 15.3. The van der Waals surface area contributed by atoms with Crippen LogP contribution < -0.4 is 17.0 Å². The molecule has 6 heterocycles. The summed E-state index contributed by atoms with van der Waals surface area (Å²) in [4.78, 5) is 35.6. The number of imidazole rings is 2. The number of ether oxygens (including phenoxy) is 3. The van der Waals surface area contributed by atoms with Gasteiger partial charge in [-0.05, 0) is 19.3 Å². The lowest BCUT2D eigenvalue weighted by Gasteiger charge is -2.33. The van der Waals surface area contributed by atoms with Crippen LogP contribution in [0.3, 0.4) is 0 Å². The van der Waals surface area contributed by atoms with Crippen LogP contribution >= 0.6 is 31.4 Å². The van der Waals surface area contributed by atoms with E-state index in [0.29, 0.717) is 17.6 Å². The highest BCUT2D eigenvalue weighted by atomic mass is 32.1. The monoisotopic (exact) mass is 686 g/mol. The van der Waals surface area contributed by atoms with E-state index in [4.69, 9.17) is 43.4 Å². The van der Waals surface area contributed by atoms with E-state index >= 15 is 0 Å². The van der Waals surface area contributed by atoms with E-state index in [2.05, 4.69) is 52.3 Å². The molecule has 3 unspecified atom stereocenters. The van der Waals surface area contributed by atoms with Crippen LogP contribution in [0.2, 0.25) is 0 Å². The number of aliphatic hydroxyl groups is 1. The molecule has 22 heteroatoms. The highest BCUT2D eigenvalue weighted by Gasteiger charge is 2.56. The Bertz CT molecular complexity index is 1710. The van der Waals surface area contributed by atoms with Gasteiger partial charge in [0.1, 0.15) is 35.8 Å². The van der Waals surface area contributed by atoms with E-state index in [0.717, 1.165) is 0 Å². The van der Waals surface area contributed by atoms with Gasteiger partial charge in [-0.25, -0.2) is 19.9 Å². The standard InChI is InChI=1S/C23H32N10O9P2S/c1-3-23(5-37-43)9(13(36-2)20(40-23)32-7-28-10-15(24)26-6-27-16(10)32)4-38-44-41-21-12(34)14(42-45)19(39-21)33-8-29-11-17(33)30-22(25)31-18(11)35/h6-9,12-14,19-21,34,44-45H,3-5,43H2,1-2H3,(H2,24,26,27)(H3,25,30,31,35)/t9-,12-,13+,14-,19+,20+,21?,23+/m0/s1. The third-order valence-electron chi connectivity index (χ3n) is 8.07. The Morgan fingerprint density at radius 3 is 2.62 bits per heavy atom. The van der Waals surface area contributed by atoms with Gasteiger partial charge in [0.15, 0.2) is 50.4 Å². The maximum Gasteiger partial charge on any atom is 0.280 e. The molecular formula is C23H32N10O9P2S. The van der Waals surface area contributed by atoms with Gasteiger partial charge >= 0.3 is 0 Å². The number of rotatable bonds is 12. The zero-order valence-corrected chi connectivity index (χ0v) is 27.0. The largest absolute Gasteiger partial charge is 0.385 e. The minimum Gasteiger partial charge on any atom is -0.385 e. The number of thiol groups is 1. The predicted molar refractivity (Wildman–Crippen MR) is 165 cm³/mol. The number of H-pyrrole nitrogens is 1. The van der Waals surface area contributed by atoms with Gasteiger partial charge < -0.3 is 48.5 Å². The molecule has 2 aliphatic heterocycles. The van der Waals surface area contributed by atoms with Gasteiger partial charge in [0.05, 0.1) is 25.9 Å². The van der Waals surface area contributed by atoms with Crippen molar-refractivity contribution in [3.05, 3.63) is 29.3 Å². The average molecular weight is 687 g/mol. The van der Waals surface area contributed by atoms with Gasteiger partial charge in [-0.3, -0.25) is 18.9 Å². The van der Waals surface area contributed by atoms with E-state index in [1.165, 1.54) is 17.2 Å². The summed E-state index contributed by atoms with van der Waals surface area (Å²) < 4.78 is 44.2. The molecule has 0 bridgehead atoms. The zero-order valence-electron chi connectivity index (χ0n) is 23.9. The zero-order chi connectivity index (χ0) is 31.9. The average Bonchev–Trinajstić information content (AvgIpc) is 3.78. The molecule has 10 atom stereocenters. The smallest absolute Gasteiger partial charge is 0.280 e. The van der Waals surface area contributed by atoms with Crippen LogP contribution in [0.5, 0.6) is 0 Å². The first kappa shape index (κ1) is 32.3. The van der Waals surface area contributed by atoms with Crippen LogP contribution in [0.1, 0.15) is 25.8 Å². The van der Waals surface area contributed by atoms with Crippen molar-refractivity contribution in [2.24, 2.45) is 5.92 Å². The molecule has 19 nitrogen and oxygen atoms in total. The van der Waals surface area contributed by atoms with Crippen LogP contribution in [0.25, 0.3) is 22.3 Å². The van der Waals surface area contributed by atoms with E-state index in [9.17, 15) is 9.90 Å². The molecule has 0 spiro atoms. The minimum absolute atomic E-state index is 0.0352. The number of nitrogens with zero attached hydrogens (tertiary/aromatic N) is 7. The molecule has 2 aliphatic rings. The van der Waals surface area contributed by atoms with Gasteiger partial charge in [-0.2, -0.15) is 4.98 Å². The second-order valence-corrected chi connectivity index (χ2v) is 11.6. The summed E-state index contributed by atoms with van der Waals surface area (Å²) in [5.74, 6) is -0.202. The maximum absolute atomic E-state index is 12.2. The van der Waals surface area contributed by atoms with Crippen LogP contribution in [0, 0.1) is 5.92 Å². The molecule has 244 valence electrons. The van der Waals surface area contributed by atoms with Crippen molar-refractivity contribution in [1.82, 2.24) is 39.0 Å². The maximum atomic E-state index is 12.2. The number of hydrogen-bond donors (Lipinski definition) is 5. The molecule has 45 heavy (non-hydrogen) atoms. The number of nitrogens with two attached hydrogens (primary N) is 2. The Morgan fingerprint density at radius 1 is 1.16 bits per heavy atom. The summed E-state index contributed by atoms with van der Waals surface area (Å²) >= 11 is 3.91. The van der Waals surface area contributed by atoms with Crippen molar-refractivity contribution < 1.29 is 37.1 Å². The van der Waals surface area contributed by atoms with Crippen LogP contribution in [-0.4, -0.2) is 94.7 Å². The van der Waals surface area contributed by atoms with E-state index in [1.807, 2.05) is 6.92 Å². The summed E-state index contributed by atoms with van der Waals surface area (Å²) in [6.45, 7) is 2.34. The third-order valence-corrected chi connectivity index (χ3v) is 9.09. The van der Waals surface area contributed by atoms with E-state index in [-0.39, 0.29) is 42.1 Å². The normalized spacial score (nSPS) is 30.5. The van der Waals surface area contributed by atoms with Crippen LogP contribution in [0.15, 0.2) is 23.8 Å². The van der Waals surface area contributed by atoms with Crippen molar-refractivity contribution in [1.29, 1.82) is 0 Å². The Kier molecular flexibility index (Phi) is 9.52. The Labute approximate surface area is 264 Å². The SMILES string of the molecule is CC[C@]1(COP)O[C@@H](n2cnc3c(N)ncnc32)[C@H](OC)[C@@H]1COPOC1O[C@@H](n2cnc3c(=O)[nH]c(N)nc32)[C@@H](OS)[C@@H]1O. The second-order valence-electron chi connectivity index (χ2n) is 10.4. The molecule has 0 aliphatic carbocycles. The number of anilines is 2. The predicted octanol–water partition coefficient (Wildman–Crippen LogP) is 0.227. The number of nitrogen functional groups attached to an aromatic ring is 2. The van der Waals surface area contributed by atoms with Crippen molar-refractivity contribution >= 4 is 65.5 Å². The van der Waals surface area contributed by atoms with Crippen LogP contribution in [0.4, 0.5) is 11.8 Å². The number of fused-ring (bicyclic) bond motifs is 2. The summed E-state index contributed by atoms with van der Waals surface area (Å²) in [5, 5.41) is 10.9. The van der Waals surface area contributed by atoms with Crippen molar-refractivity contribution in [3.8, 4) is 0 Å². The number of nitrogens with one attached hydrogen (secondary N) is 1. The van der Waals surface area contributed by atoms with Crippen molar-refractivity contribution in [3.63, 3.8) is 0 Å². The third kappa shape index (κ3) is 5.67. The van der Waals surface area contributed by atoms with Crippen LogP contribution in [-0.2, 0) is 32.0 Å². The highest BCUT2D eigenvalue weighted by Crippen LogP contribution is 2.47. The van der Waals surface area contributed by atoms with Gasteiger partial charge in [0, 0.05) is 22.5 Å². The van der Waals surface area contributed by atoms with E-state index < -0.39 is 57.3 Å². The van der Waals surface area contributed by atoms with Gasteiger partial charge in [-0.1, -0.05) is 6.92 Å². The second kappa shape index (κ2) is 13.2. The quantitative estimate of drug-likeness (QED) is 0.0579. The lowest BCUT2D eigenvalue weighted by molar-refractivity contribution is -0.125. The summed E-state index contributed by atoms with van der Waals surface area (Å²) in [6.07, 6.45) is -0.789. The molecule has 4 aromatic rings. The number of hydrogen-bond acceptors (Lipinski definition) is 17. The Hall–Kier alpha value is -2.61. The first-order chi connectivity index (χ1) is 21.8.